The molecule has 0 aliphatic heterocycles. The molecule has 24 heavy (non-hydrogen) atoms. The highest BCUT2D eigenvalue weighted by Gasteiger charge is 2.22. The lowest BCUT2D eigenvalue weighted by Crippen LogP contribution is -2.32. The molecular weight excluding hydrogens is 318 g/mol. The number of pyridine rings is 1. The summed E-state index contributed by atoms with van der Waals surface area (Å²) in [5, 5.41) is 3.25. The summed E-state index contributed by atoms with van der Waals surface area (Å²) < 4.78 is 0. The molecule has 0 spiro atoms. The molecule has 126 valence electrons. The van der Waals surface area contributed by atoms with Crippen molar-refractivity contribution in [2.75, 3.05) is 0 Å². The van der Waals surface area contributed by atoms with E-state index in [0.717, 1.165) is 27.9 Å². The minimum Gasteiger partial charge on any atom is -0.326 e. The first-order chi connectivity index (χ1) is 11.5. The van der Waals surface area contributed by atoms with Crippen LogP contribution in [0.4, 0.5) is 0 Å². The number of hydrogen-bond acceptors (Lipinski definition) is 6. The van der Waals surface area contributed by atoms with Crippen molar-refractivity contribution in [3.63, 3.8) is 0 Å². The Kier molecular flexibility index (Phi) is 4.89. The quantitative estimate of drug-likeness (QED) is 0.743. The van der Waals surface area contributed by atoms with Gasteiger partial charge >= 0.3 is 0 Å². The van der Waals surface area contributed by atoms with Crippen molar-refractivity contribution in [1.82, 2.24) is 15.0 Å². The zero-order valence-electron chi connectivity index (χ0n) is 14.2. The van der Waals surface area contributed by atoms with Gasteiger partial charge in [0, 0.05) is 29.4 Å². The van der Waals surface area contributed by atoms with Crippen LogP contribution >= 0.6 is 11.3 Å². The Hall–Kier alpha value is -1.89. The maximum Gasteiger partial charge on any atom is 0.161 e. The Labute approximate surface area is 146 Å². The molecule has 0 aliphatic rings. The Morgan fingerprint density at radius 1 is 1.08 bits per heavy atom. The van der Waals surface area contributed by atoms with Crippen LogP contribution in [0, 0.1) is 5.92 Å². The molecule has 0 aromatic carbocycles. The van der Waals surface area contributed by atoms with Crippen LogP contribution in [0.3, 0.4) is 0 Å². The van der Waals surface area contributed by atoms with Crippen molar-refractivity contribution >= 4 is 21.6 Å². The molecule has 6 heteroatoms. The Morgan fingerprint density at radius 2 is 1.79 bits per heavy atom. The van der Waals surface area contributed by atoms with E-state index in [2.05, 4.69) is 24.2 Å². The number of hydrogen-bond donors (Lipinski definition) is 2. The molecule has 0 bridgehead atoms. The van der Waals surface area contributed by atoms with E-state index in [-0.39, 0.29) is 12.1 Å². The summed E-state index contributed by atoms with van der Waals surface area (Å²) in [4.78, 5) is 14.6. The smallest absolute Gasteiger partial charge is 0.161 e. The van der Waals surface area contributed by atoms with Gasteiger partial charge in [-0.3, -0.25) is 4.98 Å². The van der Waals surface area contributed by atoms with Crippen LogP contribution in [0.5, 0.6) is 0 Å². The highest BCUT2D eigenvalue weighted by atomic mass is 32.1. The molecule has 3 aromatic rings. The molecule has 0 fully saturated rings. The molecule has 0 aliphatic carbocycles. The minimum absolute atomic E-state index is 0.180. The number of nitrogens with two attached hydrogens (primary N) is 2. The molecule has 0 saturated carbocycles. The van der Waals surface area contributed by atoms with Crippen LogP contribution in [0.2, 0.25) is 0 Å². The molecule has 0 amide bonds. The largest absolute Gasteiger partial charge is 0.326 e. The maximum atomic E-state index is 6.39. The van der Waals surface area contributed by atoms with Gasteiger partial charge in [0.15, 0.2) is 5.82 Å². The summed E-state index contributed by atoms with van der Waals surface area (Å²) in [5.41, 5.74) is 15.5. The van der Waals surface area contributed by atoms with Crippen LogP contribution in [-0.4, -0.2) is 21.0 Å². The molecule has 5 nitrogen and oxygen atoms in total. The Bertz CT molecular complexity index is 826. The summed E-state index contributed by atoms with van der Waals surface area (Å²) >= 11 is 1.64. The summed E-state index contributed by atoms with van der Waals surface area (Å²) in [6, 6.07) is 3.31. The van der Waals surface area contributed by atoms with E-state index < -0.39 is 0 Å². The lowest BCUT2D eigenvalue weighted by Gasteiger charge is -2.18. The second kappa shape index (κ2) is 6.93. The second-order valence-corrected chi connectivity index (χ2v) is 7.45. The predicted molar refractivity (Wildman–Crippen MR) is 99.8 cm³/mol. The first kappa shape index (κ1) is 17.0. The molecule has 2 atom stereocenters. The van der Waals surface area contributed by atoms with Crippen molar-refractivity contribution in [2.45, 2.75) is 39.3 Å². The number of thiophene rings is 1. The number of rotatable bonds is 5. The maximum absolute atomic E-state index is 6.39. The molecule has 0 radical (unpaired) electrons. The van der Waals surface area contributed by atoms with Gasteiger partial charge in [0.05, 0.1) is 11.7 Å². The monoisotopic (exact) mass is 341 g/mol. The van der Waals surface area contributed by atoms with Gasteiger partial charge in [-0.05, 0) is 42.3 Å². The third-order valence-electron chi connectivity index (χ3n) is 3.99. The van der Waals surface area contributed by atoms with Gasteiger partial charge in [0.25, 0.3) is 0 Å². The average molecular weight is 341 g/mol. The van der Waals surface area contributed by atoms with E-state index in [1.807, 2.05) is 19.1 Å². The van der Waals surface area contributed by atoms with Gasteiger partial charge in [-0.15, -0.1) is 11.3 Å². The fourth-order valence-electron chi connectivity index (χ4n) is 2.74. The molecule has 3 heterocycles. The average Bonchev–Trinajstić information content (AvgIpc) is 2.96. The SMILES string of the molecule is CC(C)Cc1csc2nc(-c3ccncc3)nc(C(N)C(C)N)c12. The standard InChI is InChI=1S/C18H23N5S/c1-10(2)8-13-9-24-18-14(13)16(15(20)11(3)19)22-17(23-18)12-4-6-21-7-5-12/h4-7,9-11,15H,8,19-20H2,1-3H3. The van der Waals surface area contributed by atoms with Gasteiger partial charge in [-0.2, -0.15) is 0 Å². The summed E-state index contributed by atoms with van der Waals surface area (Å²) in [6.07, 6.45) is 4.47. The summed E-state index contributed by atoms with van der Waals surface area (Å²) in [6.45, 7) is 6.33. The van der Waals surface area contributed by atoms with Gasteiger partial charge in [-0.25, -0.2) is 9.97 Å². The molecule has 3 aromatic heterocycles. The fraction of sp³-hybridized carbons (Fsp3) is 0.389. The first-order valence-electron chi connectivity index (χ1n) is 8.17. The van der Waals surface area contributed by atoms with Crippen molar-refractivity contribution in [2.24, 2.45) is 17.4 Å². The second-order valence-electron chi connectivity index (χ2n) is 6.59. The summed E-state index contributed by atoms with van der Waals surface area (Å²) in [5.74, 6) is 1.23. The first-order valence-corrected chi connectivity index (χ1v) is 9.05. The highest BCUT2D eigenvalue weighted by molar-refractivity contribution is 7.17. The fourth-order valence-corrected chi connectivity index (χ4v) is 3.70. The van der Waals surface area contributed by atoms with Crippen molar-refractivity contribution in [3.8, 4) is 11.4 Å². The third kappa shape index (κ3) is 3.31. The van der Waals surface area contributed by atoms with Gasteiger partial charge < -0.3 is 11.5 Å². The van der Waals surface area contributed by atoms with Crippen LogP contribution in [0.25, 0.3) is 21.6 Å². The number of aromatic nitrogens is 3. The molecule has 3 rings (SSSR count). The van der Waals surface area contributed by atoms with Crippen LogP contribution in [0.1, 0.15) is 38.1 Å². The van der Waals surface area contributed by atoms with Gasteiger partial charge in [-0.1, -0.05) is 13.8 Å². The lowest BCUT2D eigenvalue weighted by molar-refractivity contribution is 0.578. The zero-order valence-corrected chi connectivity index (χ0v) is 15.0. The normalized spacial score (nSPS) is 14.2. The van der Waals surface area contributed by atoms with Crippen LogP contribution in [-0.2, 0) is 6.42 Å². The lowest BCUT2D eigenvalue weighted by atomic mass is 9.98. The van der Waals surface area contributed by atoms with Gasteiger partial charge in [0.2, 0.25) is 0 Å². The van der Waals surface area contributed by atoms with Crippen LogP contribution in [0.15, 0.2) is 29.9 Å². The van der Waals surface area contributed by atoms with Crippen molar-refractivity contribution in [1.29, 1.82) is 0 Å². The van der Waals surface area contributed by atoms with E-state index in [9.17, 15) is 0 Å². The molecular formula is C18H23N5S. The zero-order chi connectivity index (χ0) is 17.3. The van der Waals surface area contributed by atoms with E-state index in [1.54, 1.807) is 23.7 Å². The minimum atomic E-state index is -0.323. The molecule has 4 N–H and O–H groups in total. The van der Waals surface area contributed by atoms with Crippen molar-refractivity contribution < 1.29 is 0 Å². The Balaban J connectivity index is 2.22. The third-order valence-corrected chi connectivity index (χ3v) is 4.91. The van der Waals surface area contributed by atoms with E-state index in [0.29, 0.717) is 11.7 Å². The van der Waals surface area contributed by atoms with E-state index in [1.165, 1.54) is 5.56 Å². The van der Waals surface area contributed by atoms with E-state index >= 15 is 0 Å². The predicted octanol–water partition coefficient (Wildman–Crippen LogP) is 3.30. The topological polar surface area (TPSA) is 90.7 Å². The van der Waals surface area contributed by atoms with Crippen molar-refractivity contribution in [3.05, 3.63) is 41.2 Å². The van der Waals surface area contributed by atoms with Crippen LogP contribution < -0.4 is 11.5 Å². The molecule has 0 saturated heterocycles. The highest BCUT2D eigenvalue weighted by Crippen LogP contribution is 2.33. The Morgan fingerprint density at radius 3 is 2.42 bits per heavy atom. The van der Waals surface area contributed by atoms with E-state index in [4.69, 9.17) is 21.4 Å². The number of nitrogens with zero attached hydrogens (tertiary/aromatic N) is 3. The molecule has 2 unspecified atom stereocenters. The van der Waals surface area contributed by atoms with Gasteiger partial charge in [0.1, 0.15) is 4.83 Å². The summed E-state index contributed by atoms with van der Waals surface area (Å²) in [7, 11) is 0. The number of fused-ring (bicyclic) bond motifs is 1.